The van der Waals surface area contributed by atoms with Crippen molar-refractivity contribution in [3.63, 3.8) is 0 Å². The predicted octanol–water partition coefficient (Wildman–Crippen LogP) is 5.63. The third kappa shape index (κ3) is 3.94. The fourth-order valence-corrected chi connectivity index (χ4v) is 6.15. The lowest BCUT2D eigenvalue weighted by Crippen LogP contribution is -2.49. The third-order valence-electron chi connectivity index (χ3n) is 6.88. The summed E-state index contributed by atoms with van der Waals surface area (Å²) in [6.07, 6.45) is 4.15. The molecular formula is C27H28N2O4S. The number of nitrogens with one attached hydrogen (secondary N) is 1. The van der Waals surface area contributed by atoms with Crippen molar-refractivity contribution in [2.75, 3.05) is 19.5 Å². The summed E-state index contributed by atoms with van der Waals surface area (Å²) in [6, 6.07) is 16.7. The molecule has 1 aromatic heterocycles. The molecule has 0 radical (unpaired) electrons. The van der Waals surface area contributed by atoms with Gasteiger partial charge in [-0.25, -0.2) is 0 Å². The van der Waals surface area contributed by atoms with E-state index in [0.29, 0.717) is 22.7 Å². The van der Waals surface area contributed by atoms with Crippen molar-refractivity contribution >= 4 is 28.8 Å². The number of carbonyl (C=O) groups is 2. The number of methoxy groups -OCH3 is 2. The zero-order chi connectivity index (χ0) is 23.7. The van der Waals surface area contributed by atoms with Crippen LogP contribution in [0.4, 0.5) is 5.69 Å². The van der Waals surface area contributed by atoms with Crippen molar-refractivity contribution < 1.29 is 19.1 Å². The van der Waals surface area contributed by atoms with Crippen LogP contribution in [0.1, 0.15) is 58.4 Å². The SMILES string of the molecule is COc1ccc(NC(=O)[C@@H]2c3ccccc3C(=O)N(C3CCCC3)[C@@H]2c2cccs2)c(OC)c1. The normalized spacial score (nSPS) is 20.2. The summed E-state index contributed by atoms with van der Waals surface area (Å²) in [5.74, 6) is 0.484. The van der Waals surface area contributed by atoms with E-state index in [1.165, 1.54) is 0 Å². The molecule has 2 heterocycles. The summed E-state index contributed by atoms with van der Waals surface area (Å²) in [5.41, 5.74) is 1.95. The van der Waals surface area contributed by atoms with E-state index in [1.807, 2.05) is 46.7 Å². The van der Waals surface area contributed by atoms with Gasteiger partial charge in [-0.2, -0.15) is 0 Å². The molecule has 2 aromatic carbocycles. The van der Waals surface area contributed by atoms with Crippen LogP contribution in [0, 0.1) is 0 Å². The number of benzene rings is 2. The monoisotopic (exact) mass is 476 g/mol. The van der Waals surface area contributed by atoms with E-state index in [1.54, 1.807) is 43.8 Å². The largest absolute Gasteiger partial charge is 0.497 e. The molecule has 2 amide bonds. The number of nitrogens with zero attached hydrogens (tertiary/aromatic N) is 1. The molecule has 2 atom stereocenters. The maximum atomic E-state index is 14.0. The minimum absolute atomic E-state index is 0.0204. The Morgan fingerprint density at radius 3 is 2.53 bits per heavy atom. The number of hydrogen-bond acceptors (Lipinski definition) is 5. The minimum atomic E-state index is -0.542. The summed E-state index contributed by atoms with van der Waals surface area (Å²) in [6.45, 7) is 0. The van der Waals surface area contributed by atoms with Gasteiger partial charge in [-0.3, -0.25) is 9.59 Å². The highest BCUT2D eigenvalue weighted by molar-refractivity contribution is 7.10. The number of anilines is 1. The summed E-state index contributed by atoms with van der Waals surface area (Å²) in [7, 11) is 3.15. The molecule has 0 saturated heterocycles. The number of amides is 2. The van der Waals surface area contributed by atoms with Crippen LogP contribution in [0.15, 0.2) is 60.0 Å². The van der Waals surface area contributed by atoms with Gasteiger partial charge in [0.05, 0.1) is 31.9 Å². The number of rotatable bonds is 6. The highest BCUT2D eigenvalue weighted by atomic mass is 32.1. The second kappa shape index (κ2) is 9.50. The lowest BCUT2D eigenvalue weighted by Gasteiger charge is -2.44. The Morgan fingerprint density at radius 1 is 1.03 bits per heavy atom. The van der Waals surface area contributed by atoms with E-state index >= 15 is 0 Å². The first-order chi connectivity index (χ1) is 16.6. The molecule has 5 rings (SSSR count). The van der Waals surface area contributed by atoms with Crippen molar-refractivity contribution in [2.45, 2.75) is 43.7 Å². The molecule has 1 saturated carbocycles. The minimum Gasteiger partial charge on any atom is -0.497 e. The van der Waals surface area contributed by atoms with Crippen LogP contribution < -0.4 is 14.8 Å². The lowest BCUT2D eigenvalue weighted by molar-refractivity contribution is -0.119. The highest BCUT2D eigenvalue weighted by Crippen LogP contribution is 2.47. The predicted molar refractivity (Wildman–Crippen MR) is 133 cm³/mol. The second-order valence-corrected chi connectivity index (χ2v) is 9.71. The Morgan fingerprint density at radius 2 is 1.82 bits per heavy atom. The smallest absolute Gasteiger partial charge is 0.254 e. The average molecular weight is 477 g/mol. The molecule has 6 nitrogen and oxygen atoms in total. The molecular weight excluding hydrogens is 448 g/mol. The van der Waals surface area contributed by atoms with E-state index in [-0.39, 0.29) is 23.9 Å². The quantitative estimate of drug-likeness (QED) is 0.501. The van der Waals surface area contributed by atoms with Gasteiger partial charge in [0, 0.05) is 22.5 Å². The van der Waals surface area contributed by atoms with Crippen molar-refractivity contribution in [1.82, 2.24) is 4.90 Å². The first-order valence-corrected chi connectivity index (χ1v) is 12.5. The molecule has 0 bridgehead atoms. The second-order valence-electron chi connectivity index (χ2n) is 8.73. The fourth-order valence-electron chi connectivity index (χ4n) is 5.29. The van der Waals surface area contributed by atoms with Gasteiger partial charge in [-0.15, -0.1) is 11.3 Å². The van der Waals surface area contributed by atoms with E-state index < -0.39 is 5.92 Å². The lowest BCUT2D eigenvalue weighted by atomic mass is 9.80. The van der Waals surface area contributed by atoms with Crippen molar-refractivity contribution in [1.29, 1.82) is 0 Å². The molecule has 2 aliphatic rings. The van der Waals surface area contributed by atoms with Crippen LogP contribution in [0.3, 0.4) is 0 Å². The molecule has 7 heteroatoms. The summed E-state index contributed by atoms with van der Waals surface area (Å²) >= 11 is 1.59. The Hall–Kier alpha value is -3.32. The van der Waals surface area contributed by atoms with Gasteiger partial charge in [-0.05, 0) is 48.1 Å². The first kappa shape index (κ1) is 22.5. The highest BCUT2D eigenvalue weighted by Gasteiger charge is 2.47. The molecule has 1 N–H and O–H groups in total. The van der Waals surface area contributed by atoms with Crippen LogP contribution in [0.2, 0.25) is 0 Å². The number of carbonyl (C=O) groups excluding carboxylic acids is 2. The molecule has 176 valence electrons. The van der Waals surface area contributed by atoms with Gasteiger partial charge in [0.25, 0.3) is 5.91 Å². The molecule has 1 aliphatic carbocycles. The maximum Gasteiger partial charge on any atom is 0.254 e. The van der Waals surface area contributed by atoms with Crippen molar-refractivity contribution in [2.24, 2.45) is 0 Å². The topological polar surface area (TPSA) is 67.9 Å². The standard InChI is InChI=1S/C27H28N2O4S/c1-32-18-13-14-21(22(16-18)33-2)28-26(30)24-19-10-5-6-11-20(19)27(31)29(17-8-3-4-9-17)25(24)23-12-7-15-34-23/h5-7,10-17,24-25H,3-4,8-9H2,1-2H3,(H,28,30)/t24-,25-/m1/s1. The molecule has 3 aromatic rings. The van der Waals surface area contributed by atoms with Crippen LogP contribution >= 0.6 is 11.3 Å². The van der Waals surface area contributed by atoms with Crippen LogP contribution in [-0.2, 0) is 4.79 Å². The summed E-state index contributed by atoms with van der Waals surface area (Å²) < 4.78 is 10.8. The molecule has 1 aliphatic heterocycles. The molecule has 34 heavy (non-hydrogen) atoms. The fraction of sp³-hybridized carbons (Fsp3) is 0.333. The van der Waals surface area contributed by atoms with Crippen LogP contribution in [0.25, 0.3) is 0 Å². The zero-order valence-corrected chi connectivity index (χ0v) is 20.1. The van der Waals surface area contributed by atoms with E-state index in [9.17, 15) is 9.59 Å². The first-order valence-electron chi connectivity index (χ1n) is 11.6. The molecule has 0 spiro atoms. The van der Waals surface area contributed by atoms with Gasteiger partial charge >= 0.3 is 0 Å². The van der Waals surface area contributed by atoms with Crippen molar-refractivity contribution in [3.05, 3.63) is 76.0 Å². The van der Waals surface area contributed by atoms with E-state index in [0.717, 1.165) is 36.1 Å². The van der Waals surface area contributed by atoms with Gasteiger partial charge < -0.3 is 19.7 Å². The number of fused-ring (bicyclic) bond motifs is 1. The van der Waals surface area contributed by atoms with Crippen LogP contribution in [0.5, 0.6) is 11.5 Å². The van der Waals surface area contributed by atoms with Gasteiger partial charge in [0.15, 0.2) is 0 Å². The van der Waals surface area contributed by atoms with Gasteiger partial charge in [-0.1, -0.05) is 37.1 Å². The van der Waals surface area contributed by atoms with Crippen LogP contribution in [-0.4, -0.2) is 37.0 Å². The van der Waals surface area contributed by atoms with Crippen molar-refractivity contribution in [3.8, 4) is 11.5 Å². The zero-order valence-electron chi connectivity index (χ0n) is 19.3. The third-order valence-corrected chi connectivity index (χ3v) is 7.82. The molecule has 0 unspecified atom stereocenters. The average Bonchev–Trinajstić information content (AvgIpc) is 3.59. The maximum absolute atomic E-state index is 14.0. The Balaban J connectivity index is 1.60. The Kier molecular flexibility index (Phi) is 6.28. The number of hydrogen-bond donors (Lipinski definition) is 1. The van der Waals surface area contributed by atoms with E-state index in [2.05, 4.69) is 5.32 Å². The summed E-state index contributed by atoms with van der Waals surface area (Å²) in [5, 5.41) is 5.10. The number of ether oxygens (including phenoxy) is 2. The number of thiophene rings is 1. The Bertz CT molecular complexity index is 1190. The van der Waals surface area contributed by atoms with Gasteiger partial charge in [0.1, 0.15) is 11.5 Å². The summed E-state index contributed by atoms with van der Waals surface area (Å²) in [4.78, 5) is 30.8. The Labute approximate surface area is 203 Å². The van der Waals surface area contributed by atoms with Gasteiger partial charge in [0.2, 0.25) is 5.91 Å². The molecule has 1 fully saturated rings. The van der Waals surface area contributed by atoms with E-state index in [4.69, 9.17) is 9.47 Å².